The van der Waals surface area contributed by atoms with Gasteiger partial charge in [-0.2, -0.15) is 0 Å². The lowest BCUT2D eigenvalue weighted by Gasteiger charge is -2.38. The molecule has 0 radical (unpaired) electrons. The van der Waals surface area contributed by atoms with E-state index in [0.717, 1.165) is 55.8 Å². The molecule has 1 saturated heterocycles. The lowest BCUT2D eigenvalue weighted by Crippen LogP contribution is -2.49. The molecule has 5 nitrogen and oxygen atoms in total. The maximum absolute atomic E-state index is 12.9. The fraction of sp³-hybridized carbons (Fsp3) is 0.579. The van der Waals surface area contributed by atoms with Crippen LogP contribution in [0.4, 0.5) is 0 Å². The van der Waals surface area contributed by atoms with Gasteiger partial charge in [-0.1, -0.05) is 25.4 Å². The Bertz CT molecular complexity index is 745. The summed E-state index contributed by atoms with van der Waals surface area (Å²) < 4.78 is 5.90. The molecule has 1 aromatic carbocycles. The predicted molar refractivity (Wildman–Crippen MR) is 114 cm³/mol. The van der Waals surface area contributed by atoms with Crippen LogP contribution in [0.3, 0.4) is 0 Å². The normalized spacial score (nSPS) is 15.3. The summed E-state index contributed by atoms with van der Waals surface area (Å²) in [6.07, 6.45) is 3.29. The second kappa shape index (κ2) is 9.97. The van der Waals surface area contributed by atoms with E-state index in [1.54, 1.807) is 0 Å². The first-order chi connectivity index (χ1) is 12.0. The van der Waals surface area contributed by atoms with Gasteiger partial charge in [-0.15, -0.1) is 24.8 Å². The molecule has 0 unspecified atom stereocenters. The van der Waals surface area contributed by atoms with Crippen molar-refractivity contribution in [2.24, 2.45) is 11.1 Å². The van der Waals surface area contributed by atoms with E-state index >= 15 is 0 Å². The molecule has 1 aliphatic rings. The Labute approximate surface area is 177 Å². The van der Waals surface area contributed by atoms with Gasteiger partial charge in [0.2, 0.25) is 5.91 Å². The highest BCUT2D eigenvalue weighted by Gasteiger charge is 2.38. The van der Waals surface area contributed by atoms with Crippen molar-refractivity contribution in [3.05, 3.63) is 29.1 Å². The lowest BCUT2D eigenvalue weighted by molar-refractivity contribution is -0.143. The van der Waals surface area contributed by atoms with Crippen LogP contribution in [0.15, 0.2) is 22.6 Å². The first-order valence-electron chi connectivity index (χ1n) is 9.08. The minimum Gasteiger partial charge on any atom is -0.440 e. The summed E-state index contributed by atoms with van der Waals surface area (Å²) >= 11 is 6.02. The highest BCUT2D eigenvalue weighted by atomic mass is 35.5. The molecule has 2 N–H and O–H groups in total. The maximum atomic E-state index is 12.9. The monoisotopic (exact) mass is 435 g/mol. The zero-order valence-electron chi connectivity index (χ0n) is 15.7. The third kappa shape index (κ3) is 4.70. The molecule has 3 rings (SSSR count). The number of halogens is 3. The van der Waals surface area contributed by atoms with Crippen molar-refractivity contribution in [2.45, 2.75) is 45.4 Å². The zero-order chi connectivity index (χ0) is 18.0. The van der Waals surface area contributed by atoms with E-state index in [1.807, 2.05) is 36.9 Å². The standard InChI is InChI=1S/C19H26ClN3O2.2ClH/c1-3-19(4-2,12-21)18(24)23-9-7-13(8-10-23)17-22-15-11-14(20)5-6-16(15)25-17;;/h5-6,11,13H,3-4,7-10,12,21H2,1-2H3;2*1H. The molecule has 0 saturated carbocycles. The van der Waals surface area contributed by atoms with Crippen LogP contribution in [0.5, 0.6) is 0 Å². The van der Waals surface area contributed by atoms with Crippen LogP contribution in [0.1, 0.15) is 51.3 Å². The highest BCUT2D eigenvalue weighted by Crippen LogP contribution is 2.34. The van der Waals surface area contributed by atoms with Gasteiger partial charge < -0.3 is 15.1 Å². The van der Waals surface area contributed by atoms with Crippen molar-refractivity contribution in [1.82, 2.24) is 9.88 Å². The van der Waals surface area contributed by atoms with E-state index in [9.17, 15) is 4.79 Å². The van der Waals surface area contributed by atoms with Crippen LogP contribution in [0.25, 0.3) is 11.1 Å². The number of likely N-dealkylation sites (tertiary alicyclic amines) is 1. The minimum atomic E-state index is -0.415. The van der Waals surface area contributed by atoms with Gasteiger partial charge in [0.25, 0.3) is 0 Å². The SMILES string of the molecule is CCC(CC)(CN)C(=O)N1CCC(c2nc3cc(Cl)ccc3o2)CC1.Cl.Cl. The molecule has 1 aromatic heterocycles. The Morgan fingerprint density at radius 3 is 2.48 bits per heavy atom. The first kappa shape index (κ1) is 24.0. The van der Waals surface area contributed by atoms with Crippen molar-refractivity contribution in [2.75, 3.05) is 19.6 Å². The molecule has 2 aromatic rings. The summed E-state index contributed by atoms with van der Waals surface area (Å²) in [7, 11) is 0. The van der Waals surface area contributed by atoms with Crippen LogP contribution < -0.4 is 5.73 Å². The number of amides is 1. The Morgan fingerprint density at radius 1 is 1.30 bits per heavy atom. The molecule has 1 fully saturated rings. The highest BCUT2D eigenvalue weighted by molar-refractivity contribution is 6.31. The number of piperidine rings is 1. The smallest absolute Gasteiger partial charge is 0.230 e. The van der Waals surface area contributed by atoms with E-state index in [0.29, 0.717) is 11.6 Å². The summed E-state index contributed by atoms with van der Waals surface area (Å²) in [6.45, 7) is 5.95. The van der Waals surface area contributed by atoms with Crippen LogP contribution in [0.2, 0.25) is 5.02 Å². The van der Waals surface area contributed by atoms with Gasteiger partial charge in [0.15, 0.2) is 11.5 Å². The van der Waals surface area contributed by atoms with Gasteiger partial charge >= 0.3 is 0 Å². The predicted octanol–water partition coefficient (Wildman–Crippen LogP) is 4.80. The van der Waals surface area contributed by atoms with Crippen molar-refractivity contribution in [3.63, 3.8) is 0 Å². The average Bonchev–Trinajstić information content (AvgIpc) is 3.06. The fourth-order valence-electron chi connectivity index (χ4n) is 3.69. The number of fused-ring (bicyclic) bond motifs is 1. The Balaban J connectivity index is 0.00000182. The van der Waals surface area contributed by atoms with Gasteiger partial charge in [-0.05, 0) is 43.9 Å². The van der Waals surface area contributed by atoms with Crippen molar-refractivity contribution < 1.29 is 9.21 Å². The molecule has 152 valence electrons. The number of carbonyl (C=O) groups is 1. The van der Waals surface area contributed by atoms with Crippen molar-refractivity contribution in [3.8, 4) is 0 Å². The number of aromatic nitrogens is 1. The quantitative estimate of drug-likeness (QED) is 0.731. The largest absolute Gasteiger partial charge is 0.440 e. The lowest BCUT2D eigenvalue weighted by atomic mass is 9.80. The Hall–Kier alpha value is -1.01. The Kier molecular flexibility index (Phi) is 8.87. The molecule has 1 aliphatic heterocycles. The number of oxazole rings is 1. The minimum absolute atomic E-state index is 0. The third-order valence-electron chi connectivity index (χ3n) is 5.70. The molecule has 0 aliphatic carbocycles. The van der Waals surface area contributed by atoms with Crippen molar-refractivity contribution in [1.29, 1.82) is 0 Å². The van der Waals surface area contributed by atoms with E-state index in [2.05, 4.69) is 4.98 Å². The molecular formula is C19H28Cl3N3O2. The van der Waals surface area contributed by atoms with Gasteiger partial charge in [0.1, 0.15) is 5.52 Å². The molecule has 0 atom stereocenters. The molecule has 8 heteroatoms. The average molecular weight is 437 g/mol. The summed E-state index contributed by atoms with van der Waals surface area (Å²) in [6, 6.07) is 5.48. The number of rotatable bonds is 5. The van der Waals surface area contributed by atoms with Gasteiger partial charge in [0, 0.05) is 30.6 Å². The fourth-order valence-corrected chi connectivity index (χ4v) is 3.85. The topological polar surface area (TPSA) is 72.4 Å². The van der Waals surface area contributed by atoms with Crippen LogP contribution in [-0.2, 0) is 4.79 Å². The maximum Gasteiger partial charge on any atom is 0.230 e. The molecular weight excluding hydrogens is 409 g/mol. The Morgan fingerprint density at radius 2 is 1.93 bits per heavy atom. The molecule has 0 spiro atoms. The molecule has 0 bridgehead atoms. The number of benzene rings is 1. The molecule has 1 amide bonds. The first-order valence-corrected chi connectivity index (χ1v) is 9.46. The molecule has 27 heavy (non-hydrogen) atoms. The number of hydrogen-bond acceptors (Lipinski definition) is 4. The van der Waals surface area contributed by atoms with E-state index in [1.165, 1.54) is 0 Å². The van der Waals surface area contributed by atoms with Gasteiger partial charge in [-0.3, -0.25) is 4.79 Å². The van der Waals surface area contributed by atoms with Crippen LogP contribution in [-0.4, -0.2) is 35.4 Å². The second-order valence-electron chi connectivity index (χ2n) is 6.92. The van der Waals surface area contributed by atoms with E-state index < -0.39 is 5.41 Å². The summed E-state index contributed by atoms with van der Waals surface area (Å²) in [5, 5.41) is 0.657. The van der Waals surface area contributed by atoms with Gasteiger partial charge in [-0.25, -0.2) is 4.98 Å². The van der Waals surface area contributed by atoms with Crippen LogP contribution in [0, 0.1) is 5.41 Å². The molecule has 2 heterocycles. The van der Waals surface area contributed by atoms with E-state index in [-0.39, 0.29) is 36.6 Å². The number of nitrogens with two attached hydrogens (primary N) is 1. The summed E-state index contributed by atoms with van der Waals surface area (Å²) in [4.78, 5) is 19.5. The third-order valence-corrected chi connectivity index (χ3v) is 5.93. The summed E-state index contributed by atoms with van der Waals surface area (Å²) in [5.74, 6) is 1.19. The number of nitrogens with zero attached hydrogens (tertiary/aromatic N) is 2. The number of carbonyl (C=O) groups excluding carboxylic acids is 1. The van der Waals surface area contributed by atoms with E-state index in [4.69, 9.17) is 21.8 Å². The summed E-state index contributed by atoms with van der Waals surface area (Å²) in [5.41, 5.74) is 7.06. The number of hydrogen-bond donors (Lipinski definition) is 1. The van der Waals surface area contributed by atoms with Gasteiger partial charge in [0.05, 0.1) is 5.41 Å². The second-order valence-corrected chi connectivity index (χ2v) is 7.36. The zero-order valence-corrected chi connectivity index (χ0v) is 18.1. The van der Waals surface area contributed by atoms with Crippen molar-refractivity contribution >= 4 is 53.4 Å². The van der Waals surface area contributed by atoms with Crippen LogP contribution >= 0.6 is 36.4 Å².